The monoisotopic (exact) mass is 418 g/mol. The van der Waals surface area contributed by atoms with Crippen molar-refractivity contribution in [3.8, 4) is 0 Å². The lowest BCUT2D eigenvalue weighted by atomic mass is 9.84. The first-order valence-corrected chi connectivity index (χ1v) is 10.5. The normalized spacial score (nSPS) is 18.9. The van der Waals surface area contributed by atoms with E-state index in [1.54, 1.807) is 42.5 Å². The van der Waals surface area contributed by atoms with Crippen LogP contribution in [-0.2, 0) is 5.60 Å². The average molecular weight is 419 g/mol. The van der Waals surface area contributed by atoms with Crippen molar-refractivity contribution in [2.75, 3.05) is 19.6 Å². The second-order valence-electron chi connectivity index (χ2n) is 7.58. The number of halogens is 2. The minimum atomic E-state index is -1.57. The molecule has 29 heavy (non-hydrogen) atoms. The van der Waals surface area contributed by atoms with Gasteiger partial charge in [-0.25, -0.2) is 4.39 Å². The van der Waals surface area contributed by atoms with Crippen molar-refractivity contribution in [1.82, 2.24) is 10.2 Å². The van der Waals surface area contributed by atoms with Crippen molar-refractivity contribution in [2.24, 2.45) is 0 Å². The van der Waals surface area contributed by atoms with Crippen LogP contribution in [0.3, 0.4) is 0 Å². The van der Waals surface area contributed by atoms with Crippen LogP contribution in [0.1, 0.15) is 42.1 Å². The molecule has 1 saturated heterocycles. The summed E-state index contributed by atoms with van der Waals surface area (Å²) in [6, 6.07) is 15.9. The standard InChI is InChI=1S/C23H28ClFN2O2/c1-2-26-21(16-20(25)22(28)17-6-4-3-5-7-17)27-14-12-23(29,13-15-27)18-8-10-19(24)11-9-18/h3-11,20-21,26,29H,2,12-16H2,1H3. The molecule has 156 valence electrons. The Kier molecular flexibility index (Phi) is 7.41. The number of carbonyl (C=O) groups excluding carboxylic acids is 1. The molecule has 2 atom stereocenters. The molecular formula is C23H28ClFN2O2. The maximum Gasteiger partial charge on any atom is 0.197 e. The first kappa shape index (κ1) is 21.9. The molecule has 2 N–H and O–H groups in total. The minimum Gasteiger partial charge on any atom is -0.385 e. The van der Waals surface area contributed by atoms with E-state index in [0.29, 0.717) is 43.1 Å². The van der Waals surface area contributed by atoms with E-state index < -0.39 is 17.6 Å². The van der Waals surface area contributed by atoms with Crippen LogP contribution < -0.4 is 5.32 Å². The highest BCUT2D eigenvalue weighted by Gasteiger charge is 2.37. The summed E-state index contributed by atoms with van der Waals surface area (Å²) in [7, 11) is 0. The van der Waals surface area contributed by atoms with Crippen LogP contribution in [0, 0.1) is 0 Å². The van der Waals surface area contributed by atoms with Gasteiger partial charge in [0, 0.05) is 30.1 Å². The molecular weight excluding hydrogens is 391 g/mol. The Balaban J connectivity index is 1.63. The van der Waals surface area contributed by atoms with Crippen molar-refractivity contribution < 1.29 is 14.3 Å². The molecule has 1 aliphatic heterocycles. The van der Waals surface area contributed by atoms with E-state index >= 15 is 0 Å². The maximum atomic E-state index is 14.8. The van der Waals surface area contributed by atoms with E-state index in [9.17, 15) is 14.3 Å². The molecule has 2 aromatic carbocycles. The lowest BCUT2D eigenvalue weighted by Crippen LogP contribution is -2.53. The number of nitrogens with zero attached hydrogens (tertiary/aromatic N) is 1. The summed E-state index contributed by atoms with van der Waals surface area (Å²) in [5.41, 5.74) is 0.336. The molecule has 0 amide bonds. The van der Waals surface area contributed by atoms with Gasteiger partial charge in [0.2, 0.25) is 0 Å². The second kappa shape index (κ2) is 9.81. The summed E-state index contributed by atoms with van der Waals surface area (Å²) >= 11 is 5.95. The molecule has 1 aliphatic rings. The molecule has 3 rings (SSSR count). The molecule has 0 radical (unpaired) electrons. The van der Waals surface area contributed by atoms with Gasteiger partial charge >= 0.3 is 0 Å². The number of piperidine rings is 1. The van der Waals surface area contributed by atoms with Gasteiger partial charge in [-0.1, -0.05) is 61.0 Å². The summed E-state index contributed by atoms with van der Waals surface area (Å²) in [4.78, 5) is 14.5. The number of likely N-dealkylation sites (tertiary alicyclic amines) is 1. The van der Waals surface area contributed by atoms with Crippen LogP contribution >= 0.6 is 11.6 Å². The van der Waals surface area contributed by atoms with Gasteiger partial charge in [0.1, 0.15) is 0 Å². The number of rotatable bonds is 8. The number of ketones is 1. The Bertz CT molecular complexity index is 792. The number of carbonyl (C=O) groups is 1. The maximum absolute atomic E-state index is 14.8. The smallest absolute Gasteiger partial charge is 0.197 e. The predicted octanol–water partition coefficient (Wildman–Crippen LogP) is 4.17. The number of hydrogen-bond donors (Lipinski definition) is 2. The van der Waals surface area contributed by atoms with E-state index in [1.807, 2.05) is 19.1 Å². The predicted molar refractivity (Wildman–Crippen MR) is 114 cm³/mol. The highest BCUT2D eigenvalue weighted by molar-refractivity contribution is 6.30. The Labute approximate surface area is 176 Å². The fourth-order valence-corrected chi connectivity index (χ4v) is 4.06. The van der Waals surface area contributed by atoms with Gasteiger partial charge in [0.25, 0.3) is 0 Å². The fraction of sp³-hybridized carbons (Fsp3) is 0.435. The summed E-state index contributed by atoms with van der Waals surface area (Å²) in [5.74, 6) is -0.483. The quantitative estimate of drug-likeness (QED) is 0.632. The van der Waals surface area contributed by atoms with Gasteiger partial charge in [0.05, 0.1) is 11.8 Å². The first-order valence-electron chi connectivity index (χ1n) is 10.1. The number of nitrogens with one attached hydrogen (secondary N) is 1. The van der Waals surface area contributed by atoms with Crippen molar-refractivity contribution in [1.29, 1.82) is 0 Å². The molecule has 1 heterocycles. The van der Waals surface area contributed by atoms with Crippen molar-refractivity contribution in [3.05, 3.63) is 70.7 Å². The molecule has 0 aromatic heterocycles. The molecule has 0 bridgehead atoms. The number of Topliss-reactive ketones (excluding diaryl/α,β-unsaturated/α-hetero) is 1. The van der Waals surface area contributed by atoms with Crippen LogP contribution in [-0.4, -0.2) is 47.8 Å². The van der Waals surface area contributed by atoms with Crippen LogP contribution in [0.5, 0.6) is 0 Å². The van der Waals surface area contributed by atoms with E-state index in [4.69, 9.17) is 11.6 Å². The molecule has 0 aliphatic carbocycles. The van der Waals surface area contributed by atoms with Gasteiger partial charge in [-0.2, -0.15) is 0 Å². The zero-order valence-electron chi connectivity index (χ0n) is 16.7. The molecule has 6 heteroatoms. The third kappa shape index (κ3) is 5.43. The highest BCUT2D eigenvalue weighted by atomic mass is 35.5. The van der Waals surface area contributed by atoms with Gasteiger partial charge < -0.3 is 10.4 Å². The van der Waals surface area contributed by atoms with Gasteiger partial charge in [-0.3, -0.25) is 9.69 Å². The van der Waals surface area contributed by atoms with E-state index in [1.165, 1.54) is 0 Å². The summed E-state index contributed by atoms with van der Waals surface area (Å²) < 4.78 is 14.8. The number of alkyl halides is 1. The Hall–Kier alpha value is -1.79. The van der Waals surface area contributed by atoms with Crippen LogP contribution in [0.15, 0.2) is 54.6 Å². The molecule has 0 saturated carbocycles. The summed E-state index contributed by atoms with van der Waals surface area (Å²) in [6.45, 7) is 3.87. The number of hydrogen-bond acceptors (Lipinski definition) is 4. The minimum absolute atomic E-state index is 0.0843. The number of benzene rings is 2. The second-order valence-corrected chi connectivity index (χ2v) is 8.02. The molecule has 4 nitrogen and oxygen atoms in total. The molecule has 2 aromatic rings. The van der Waals surface area contributed by atoms with E-state index in [-0.39, 0.29) is 12.6 Å². The van der Waals surface area contributed by atoms with Crippen molar-refractivity contribution in [3.63, 3.8) is 0 Å². The first-order chi connectivity index (χ1) is 13.9. The van der Waals surface area contributed by atoms with E-state index in [2.05, 4.69) is 10.2 Å². The molecule has 1 fully saturated rings. The SMILES string of the molecule is CCNC(CC(F)C(=O)c1ccccc1)N1CCC(O)(c2ccc(Cl)cc2)CC1. The number of aliphatic hydroxyl groups is 1. The highest BCUT2D eigenvalue weighted by Crippen LogP contribution is 2.34. The lowest BCUT2D eigenvalue weighted by molar-refractivity contribution is -0.0418. The van der Waals surface area contributed by atoms with Gasteiger partial charge in [-0.05, 0) is 37.1 Å². The Morgan fingerprint density at radius 2 is 1.79 bits per heavy atom. The van der Waals surface area contributed by atoms with Gasteiger partial charge in [0.15, 0.2) is 12.0 Å². The van der Waals surface area contributed by atoms with Crippen LogP contribution in [0.2, 0.25) is 5.02 Å². The zero-order chi connectivity index (χ0) is 20.9. The Morgan fingerprint density at radius 3 is 2.38 bits per heavy atom. The Morgan fingerprint density at radius 1 is 1.17 bits per heavy atom. The average Bonchev–Trinajstić information content (AvgIpc) is 2.74. The van der Waals surface area contributed by atoms with Crippen molar-refractivity contribution >= 4 is 17.4 Å². The largest absolute Gasteiger partial charge is 0.385 e. The third-order valence-corrected chi connectivity index (χ3v) is 5.91. The molecule has 2 unspecified atom stereocenters. The molecule has 0 spiro atoms. The summed E-state index contributed by atoms with van der Waals surface area (Å²) in [5, 5.41) is 15.0. The topological polar surface area (TPSA) is 52.6 Å². The fourth-order valence-electron chi connectivity index (χ4n) is 3.94. The van der Waals surface area contributed by atoms with Crippen LogP contribution in [0.25, 0.3) is 0 Å². The lowest BCUT2D eigenvalue weighted by Gasteiger charge is -2.42. The van der Waals surface area contributed by atoms with Crippen molar-refractivity contribution in [2.45, 2.75) is 44.1 Å². The van der Waals surface area contributed by atoms with E-state index in [0.717, 1.165) is 5.56 Å². The van der Waals surface area contributed by atoms with Crippen LogP contribution in [0.4, 0.5) is 4.39 Å². The van der Waals surface area contributed by atoms with Gasteiger partial charge in [-0.15, -0.1) is 0 Å². The summed E-state index contributed by atoms with van der Waals surface area (Å²) in [6.07, 6.45) is -0.655. The third-order valence-electron chi connectivity index (χ3n) is 5.66. The zero-order valence-corrected chi connectivity index (χ0v) is 17.4.